The Balaban J connectivity index is 1.35. The first-order valence-electron chi connectivity index (χ1n) is 11.3. The van der Waals surface area contributed by atoms with Crippen LogP contribution in [-0.4, -0.2) is 49.6 Å². The Bertz CT molecular complexity index is 1050. The number of nitrogens with one attached hydrogen (secondary N) is 1. The Morgan fingerprint density at radius 2 is 2.06 bits per heavy atom. The van der Waals surface area contributed by atoms with Gasteiger partial charge in [0.15, 0.2) is 5.82 Å². The van der Waals surface area contributed by atoms with Gasteiger partial charge in [0.05, 0.1) is 36.7 Å². The number of aliphatic hydroxyl groups is 1. The molecule has 1 aliphatic carbocycles. The summed E-state index contributed by atoms with van der Waals surface area (Å²) in [6.45, 7) is 3.33. The second kappa shape index (κ2) is 8.19. The monoisotopic (exact) mass is 464 g/mol. The van der Waals surface area contributed by atoms with Crippen LogP contribution in [0.3, 0.4) is 0 Å². The minimum Gasteiger partial charge on any atom is -0.374 e. The van der Waals surface area contributed by atoms with Crippen molar-refractivity contribution in [2.24, 2.45) is 5.41 Å². The second-order valence-electron chi connectivity index (χ2n) is 9.45. The SMILES string of the molecule is C[C@H]1Cn2ncc(N3CC4(CCCC4)CC3O)c2CN1C(=O)Nc1ccc(F)c(C(F)F)n1. The molecule has 3 aliphatic rings. The molecule has 1 unspecified atom stereocenters. The number of amides is 2. The van der Waals surface area contributed by atoms with Gasteiger partial charge in [-0.25, -0.2) is 22.9 Å². The molecule has 1 spiro atoms. The smallest absolute Gasteiger partial charge is 0.323 e. The Morgan fingerprint density at radius 1 is 1.30 bits per heavy atom. The maximum Gasteiger partial charge on any atom is 0.323 e. The molecule has 2 N–H and O–H groups in total. The molecule has 2 atom stereocenters. The number of alkyl halides is 2. The van der Waals surface area contributed by atoms with E-state index in [0.29, 0.717) is 6.54 Å². The Morgan fingerprint density at radius 3 is 2.79 bits per heavy atom. The van der Waals surface area contributed by atoms with Crippen molar-refractivity contribution in [2.75, 3.05) is 16.8 Å². The number of hydrogen-bond donors (Lipinski definition) is 2. The van der Waals surface area contributed by atoms with E-state index < -0.39 is 30.2 Å². The van der Waals surface area contributed by atoms with Gasteiger partial charge >= 0.3 is 6.03 Å². The molecular formula is C22H27F3N6O2. The van der Waals surface area contributed by atoms with Gasteiger partial charge in [-0.3, -0.25) is 10.00 Å². The summed E-state index contributed by atoms with van der Waals surface area (Å²) < 4.78 is 41.3. The van der Waals surface area contributed by atoms with Gasteiger partial charge in [-0.15, -0.1) is 0 Å². The zero-order chi connectivity index (χ0) is 23.3. The van der Waals surface area contributed by atoms with E-state index in [0.717, 1.165) is 49.3 Å². The highest BCUT2D eigenvalue weighted by molar-refractivity contribution is 5.88. The van der Waals surface area contributed by atoms with Crippen LogP contribution in [0.1, 0.15) is 56.8 Å². The number of hydrogen-bond acceptors (Lipinski definition) is 5. The topological polar surface area (TPSA) is 86.5 Å². The lowest BCUT2D eigenvalue weighted by molar-refractivity contribution is 0.140. The summed E-state index contributed by atoms with van der Waals surface area (Å²) in [5, 5.41) is 17.8. The van der Waals surface area contributed by atoms with Crippen molar-refractivity contribution in [3.8, 4) is 0 Å². The Labute approximate surface area is 189 Å². The molecule has 0 radical (unpaired) electrons. The number of halogens is 3. The minimum atomic E-state index is -3.08. The number of fused-ring (bicyclic) bond motifs is 1. The molecule has 2 aromatic rings. The van der Waals surface area contributed by atoms with Gasteiger partial charge in [0.25, 0.3) is 6.43 Å². The average Bonchev–Trinajstić information content (AvgIpc) is 3.47. The van der Waals surface area contributed by atoms with Gasteiger partial charge in [-0.1, -0.05) is 12.8 Å². The first-order valence-corrected chi connectivity index (χ1v) is 11.3. The Hall–Kier alpha value is -2.82. The van der Waals surface area contributed by atoms with Crippen molar-refractivity contribution in [1.29, 1.82) is 0 Å². The number of aliphatic hydroxyl groups excluding tert-OH is 1. The number of pyridine rings is 1. The van der Waals surface area contributed by atoms with Crippen LogP contribution in [-0.2, 0) is 13.1 Å². The van der Waals surface area contributed by atoms with Gasteiger partial charge in [0.2, 0.25) is 0 Å². The number of anilines is 2. The highest BCUT2D eigenvalue weighted by Gasteiger charge is 2.46. The summed E-state index contributed by atoms with van der Waals surface area (Å²) in [6.07, 6.45) is 3.41. The predicted octanol–water partition coefficient (Wildman–Crippen LogP) is 3.88. The van der Waals surface area contributed by atoms with Gasteiger partial charge in [0, 0.05) is 6.54 Å². The van der Waals surface area contributed by atoms with Crippen molar-refractivity contribution in [2.45, 2.75) is 70.8 Å². The molecule has 2 fully saturated rings. The van der Waals surface area contributed by atoms with E-state index in [1.807, 2.05) is 16.5 Å². The van der Waals surface area contributed by atoms with Crippen molar-refractivity contribution in [3.05, 3.63) is 35.5 Å². The van der Waals surface area contributed by atoms with E-state index >= 15 is 0 Å². The fraction of sp³-hybridized carbons (Fsp3) is 0.591. The normalized spacial score (nSPS) is 24.1. The largest absolute Gasteiger partial charge is 0.374 e. The van der Waals surface area contributed by atoms with Crippen LogP contribution in [0.5, 0.6) is 0 Å². The van der Waals surface area contributed by atoms with E-state index in [-0.39, 0.29) is 23.8 Å². The predicted molar refractivity (Wildman–Crippen MR) is 114 cm³/mol. The number of carbonyl (C=O) groups is 1. The first-order chi connectivity index (χ1) is 15.8. The number of nitrogens with zero attached hydrogens (tertiary/aromatic N) is 5. The number of carbonyl (C=O) groups excluding carboxylic acids is 1. The van der Waals surface area contributed by atoms with Gasteiger partial charge in [-0.05, 0) is 43.7 Å². The molecule has 33 heavy (non-hydrogen) atoms. The molecule has 1 saturated carbocycles. The zero-order valence-electron chi connectivity index (χ0n) is 18.3. The standard InChI is InChI=1S/C22H27F3N6O2/c1-13-10-31-16(15(9-26-31)30-12-22(8-18(30)32)6-2-3-7-22)11-29(13)21(33)28-17-5-4-14(23)19(27-17)20(24)25/h4-5,9,13,18,20,32H,2-3,6-8,10-12H2,1H3,(H,27,28,33)/t13-,18?/m0/s1. The minimum absolute atomic E-state index is 0.138. The third kappa shape index (κ3) is 3.92. The van der Waals surface area contributed by atoms with Gasteiger partial charge in [-0.2, -0.15) is 5.10 Å². The molecule has 2 aliphatic heterocycles. The number of aromatic nitrogens is 3. The molecule has 1 saturated heterocycles. The highest BCUT2D eigenvalue weighted by Crippen LogP contribution is 2.49. The first kappa shape index (κ1) is 22.0. The average molecular weight is 464 g/mol. The van der Waals surface area contributed by atoms with E-state index in [1.54, 1.807) is 11.1 Å². The van der Waals surface area contributed by atoms with Gasteiger partial charge in [0.1, 0.15) is 17.7 Å². The van der Waals surface area contributed by atoms with E-state index in [2.05, 4.69) is 15.4 Å². The van der Waals surface area contributed by atoms with Gasteiger partial charge < -0.3 is 14.9 Å². The van der Waals surface area contributed by atoms with E-state index in [4.69, 9.17) is 0 Å². The van der Waals surface area contributed by atoms with Crippen LogP contribution in [0.15, 0.2) is 18.3 Å². The summed E-state index contributed by atoms with van der Waals surface area (Å²) in [5.41, 5.74) is 0.779. The molecule has 11 heteroatoms. The summed E-state index contributed by atoms with van der Waals surface area (Å²) in [5.74, 6) is -1.26. The van der Waals surface area contributed by atoms with Crippen LogP contribution in [0.25, 0.3) is 0 Å². The molecule has 2 amide bonds. The van der Waals surface area contributed by atoms with E-state index in [1.165, 1.54) is 12.8 Å². The lowest BCUT2D eigenvalue weighted by atomic mass is 9.85. The quantitative estimate of drug-likeness (QED) is 0.720. The van der Waals surface area contributed by atoms with Crippen molar-refractivity contribution < 1.29 is 23.1 Å². The van der Waals surface area contributed by atoms with Crippen LogP contribution >= 0.6 is 0 Å². The summed E-state index contributed by atoms with van der Waals surface area (Å²) >= 11 is 0. The van der Waals surface area contributed by atoms with Crippen molar-refractivity contribution >= 4 is 17.5 Å². The third-order valence-electron chi connectivity index (χ3n) is 7.25. The second-order valence-corrected chi connectivity index (χ2v) is 9.45. The molecule has 0 bridgehead atoms. The van der Waals surface area contributed by atoms with Crippen LogP contribution in [0, 0.1) is 11.2 Å². The van der Waals surface area contributed by atoms with Crippen LogP contribution in [0.4, 0.5) is 29.5 Å². The van der Waals surface area contributed by atoms with Crippen LogP contribution in [0.2, 0.25) is 0 Å². The lowest BCUT2D eigenvalue weighted by Crippen LogP contribution is -2.47. The summed E-state index contributed by atoms with van der Waals surface area (Å²) in [7, 11) is 0. The molecule has 0 aromatic carbocycles. The molecule has 5 rings (SSSR count). The maximum atomic E-state index is 13.5. The van der Waals surface area contributed by atoms with Crippen molar-refractivity contribution in [1.82, 2.24) is 19.7 Å². The van der Waals surface area contributed by atoms with Crippen LogP contribution < -0.4 is 10.2 Å². The summed E-state index contributed by atoms with van der Waals surface area (Å²) in [4.78, 5) is 20.1. The lowest BCUT2D eigenvalue weighted by Gasteiger charge is -2.35. The molecule has 8 nitrogen and oxygen atoms in total. The van der Waals surface area contributed by atoms with Crippen molar-refractivity contribution in [3.63, 3.8) is 0 Å². The number of rotatable bonds is 3. The van der Waals surface area contributed by atoms with E-state index in [9.17, 15) is 23.1 Å². The molecule has 4 heterocycles. The fourth-order valence-corrected chi connectivity index (χ4v) is 5.52. The zero-order valence-corrected chi connectivity index (χ0v) is 18.3. The number of urea groups is 1. The summed E-state index contributed by atoms with van der Waals surface area (Å²) in [6, 6.07) is 1.29. The Kier molecular flexibility index (Phi) is 5.46. The molecule has 2 aromatic heterocycles. The maximum absolute atomic E-state index is 13.5. The third-order valence-corrected chi connectivity index (χ3v) is 7.25. The highest BCUT2D eigenvalue weighted by atomic mass is 19.3. The molecule has 178 valence electrons. The fourth-order valence-electron chi connectivity index (χ4n) is 5.52. The molecular weight excluding hydrogens is 437 g/mol.